The Morgan fingerprint density at radius 1 is 1.53 bits per heavy atom. The molecule has 2 heterocycles. The first-order valence-corrected chi connectivity index (χ1v) is 5.48. The van der Waals surface area contributed by atoms with E-state index in [1.807, 2.05) is 0 Å². The third kappa shape index (κ3) is 1.79. The first-order chi connectivity index (χ1) is 7.95. The van der Waals surface area contributed by atoms with Crippen molar-refractivity contribution in [2.75, 3.05) is 6.54 Å². The zero-order chi connectivity index (χ0) is 12.6. The van der Waals surface area contributed by atoms with Gasteiger partial charge in [-0.2, -0.15) is 0 Å². The second-order valence-electron chi connectivity index (χ2n) is 4.56. The third-order valence-corrected chi connectivity index (χ3v) is 3.27. The molecule has 6 nitrogen and oxygen atoms in total. The molecule has 1 atom stereocenters. The van der Waals surface area contributed by atoms with E-state index in [0.717, 1.165) is 0 Å². The predicted molar refractivity (Wildman–Crippen MR) is 59.5 cm³/mol. The molecule has 1 N–H and O–H groups in total. The smallest absolute Gasteiger partial charge is 0.329 e. The summed E-state index contributed by atoms with van der Waals surface area (Å²) >= 11 is 0. The van der Waals surface area contributed by atoms with E-state index in [-0.39, 0.29) is 5.91 Å². The van der Waals surface area contributed by atoms with Crippen molar-refractivity contribution in [3.05, 3.63) is 18.2 Å². The van der Waals surface area contributed by atoms with E-state index in [9.17, 15) is 14.7 Å². The Kier molecular flexibility index (Phi) is 2.65. The highest BCUT2D eigenvalue weighted by Crippen LogP contribution is 2.30. The molecule has 0 aliphatic carbocycles. The number of aliphatic carboxylic acids is 1. The molecule has 0 bridgehead atoms. The maximum absolute atomic E-state index is 12.2. The number of nitrogens with zero attached hydrogens (tertiary/aromatic N) is 3. The van der Waals surface area contributed by atoms with Crippen LogP contribution in [0.3, 0.4) is 0 Å². The molecule has 92 valence electrons. The van der Waals surface area contributed by atoms with Crippen molar-refractivity contribution in [2.45, 2.75) is 25.3 Å². The van der Waals surface area contributed by atoms with Crippen LogP contribution in [0.1, 0.15) is 30.3 Å². The summed E-state index contributed by atoms with van der Waals surface area (Å²) in [5.41, 5.74) is -0.809. The van der Waals surface area contributed by atoms with Crippen molar-refractivity contribution in [3.63, 3.8) is 0 Å². The summed E-state index contributed by atoms with van der Waals surface area (Å²) in [5, 5.41) is 9.22. The van der Waals surface area contributed by atoms with Crippen LogP contribution in [0.4, 0.5) is 0 Å². The maximum Gasteiger partial charge on any atom is 0.329 e. The minimum Gasteiger partial charge on any atom is -0.480 e. The van der Waals surface area contributed by atoms with E-state index in [1.165, 1.54) is 11.2 Å². The molecule has 1 amide bonds. The van der Waals surface area contributed by atoms with E-state index < -0.39 is 11.5 Å². The first kappa shape index (κ1) is 11.6. The number of aryl methyl sites for hydroxylation is 1. The molecule has 0 radical (unpaired) electrons. The van der Waals surface area contributed by atoms with Crippen LogP contribution >= 0.6 is 0 Å². The van der Waals surface area contributed by atoms with E-state index in [1.54, 1.807) is 24.7 Å². The van der Waals surface area contributed by atoms with E-state index in [0.29, 0.717) is 25.1 Å². The largest absolute Gasteiger partial charge is 0.480 e. The molecule has 6 heteroatoms. The fourth-order valence-electron chi connectivity index (χ4n) is 2.17. The first-order valence-electron chi connectivity index (χ1n) is 5.48. The van der Waals surface area contributed by atoms with Gasteiger partial charge in [-0.3, -0.25) is 4.79 Å². The Morgan fingerprint density at radius 2 is 2.24 bits per heavy atom. The van der Waals surface area contributed by atoms with Gasteiger partial charge < -0.3 is 14.6 Å². The highest BCUT2D eigenvalue weighted by Gasteiger charge is 2.46. The van der Waals surface area contributed by atoms with Crippen molar-refractivity contribution in [2.24, 2.45) is 7.05 Å². The number of aromatic nitrogens is 2. The van der Waals surface area contributed by atoms with E-state index in [4.69, 9.17) is 0 Å². The van der Waals surface area contributed by atoms with Crippen molar-refractivity contribution in [1.29, 1.82) is 0 Å². The molecule has 1 aliphatic heterocycles. The second-order valence-corrected chi connectivity index (χ2v) is 4.56. The maximum atomic E-state index is 12.2. The molecule has 1 aromatic rings. The van der Waals surface area contributed by atoms with Crippen molar-refractivity contribution >= 4 is 11.9 Å². The highest BCUT2D eigenvalue weighted by molar-refractivity contribution is 5.96. The summed E-state index contributed by atoms with van der Waals surface area (Å²) in [6, 6.07) is 0. The predicted octanol–water partition coefficient (Wildman–Crippen LogP) is 0.499. The SMILES string of the molecule is Cn1cnc(C(=O)N2CCCC2(C)C(=O)O)c1. The van der Waals surface area contributed by atoms with Gasteiger partial charge in [0.15, 0.2) is 0 Å². The Labute approximate surface area is 98.9 Å². The van der Waals surface area contributed by atoms with Gasteiger partial charge >= 0.3 is 5.97 Å². The number of carbonyl (C=O) groups is 2. The van der Waals surface area contributed by atoms with Gasteiger partial charge in [0.05, 0.1) is 6.33 Å². The molecule has 0 saturated carbocycles. The minimum absolute atomic E-state index is 0.293. The number of amides is 1. The quantitative estimate of drug-likeness (QED) is 0.812. The van der Waals surface area contributed by atoms with Gasteiger partial charge in [0.25, 0.3) is 5.91 Å². The lowest BCUT2D eigenvalue weighted by atomic mass is 9.99. The summed E-state index contributed by atoms with van der Waals surface area (Å²) in [6.07, 6.45) is 4.33. The number of hydrogen-bond donors (Lipinski definition) is 1. The normalized spacial score (nSPS) is 24.0. The average Bonchev–Trinajstić information content (AvgIpc) is 2.85. The standard InChI is InChI=1S/C11H15N3O3/c1-11(10(16)17)4-3-5-14(11)9(15)8-6-13(2)7-12-8/h6-7H,3-5H2,1-2H3,(H,16,17). The second kappa shape index (κ2) is 3.87. The molecule has 0 aromatic carbocycles. The minimum atomic E-state index is -1.10. The topological polar surface area (TPSA) is 75.4 Å². The zero-order valence-electron chi connectivity index (χ0n) is 9.88. The lowest BCUT2D eigenvalue weighted by Gasteiger charge is -2.30. The number of imidazole rings is 1. The number of carboxylic acids is 1. The number of rotatable bonds is 2. The molecule has 1 aromatic heterocycles. The zero-order valence-corrected chi connectivity index (χ0v) is 9.88. The summed E-state index contributed by atoms with van der Waals surface area (Å²) in [7, 11) is 1.77. The molecule has 17 heavy (non-hydrogen) atoms. The van der Waals surface area contributed by atoms with Crippen molar-refractivity contribution < 1.29 is 14.7 Å². The molecule has 2 rings (SSSR count). The van der Waals surface area contributed by atoms with Crippen LogP contribution < -0.4 is 0 Å². The molecule has 1 fully saturated rings. The van der Waals surface area contributed by atoms with Crippen LogP contribution in [0.5, 0.6) is 0 Å². The number of hydrogen-bond acceptors (Lipinski definition) is 3. The summed E-state index contributed by atoms with van der Waals surface area (Å²) in [6.45, 7) is 2.06. The van der Waals surface area contributed by atoms with Gasteiger partial charge in [0, 0.05) is 19.8 Å². The number of likely N-dealkylation sites (tertiary alicyclic amines) is 1. The summed E-state index contributed by atoms with van der Waals surface area (Å²) in [5.74, 6) is -1.27. The van der Waals surface area contributed by atoms with Crippen LogP contribution in [0.2, 0.25) is 0 Å². The van der Waals surface area contributed by atoms with Crippen molar-refractivity contribution in [3.8, 4) is 0 Å². The molecule has 1 saturated heterocycles. The van der Waals surface area contributed by atoms with E-state index >= 15 is 0 Å². The number of carboxylic acid groups (broad SMARTS) is 1. The van der Waals surface area contributed by atoms with Crippen molar-refractivity contribution in [1.82, 2.24) is 14.5 Å². The fraction of sp³-hybridized carbons (Fsp3) is 0.545. The van der Waals surface area contributed by atoms with Crippen LogP contribution in [0.25, 0.3) is 0 Å². The number of carbonyl (C=O) groups excluding carboxylic acids is 1. The van der Waals surface area contributed by atoms with Crippen LogP contribution in [-0.2, 0) is 11.8 Å². The molecule has 1 aliphatic rings. The van der Waals surface area contributed by atoms with Crippen LogP contribution in [0.15, 0.2) is 12.5 Å². The molecular weight excluding hydrogens is 222 g/mol. The fourth-order valence-corrected chi connectivity index (χ4v) is 2.17. The monoisotopic (exact) mass is 237 g/mol. The molecule has 0 spiro atoms. The lowest BCUT2D eigenvalue weighted by molar-refractivity contribution is -0.147. The van der Waals surface area contributed by atoms with Gasteiger partial charge in [0.1, 0.15) is 11.2 Å². The summed E-state index contributed by atoms with van der Waals surface area (Å²) < 4.78 is 1.67. The lowest BCUT2D eigenvalue weighted by Crippen LogP contribution is -2.50. The molecular formula is C11H15N3O3. The Bertz CT molecular complexity index is 468. The molecule has 1 unspecified atom stereocenters. The van der Waals surface area contributed by atoms with Gasteiger partial charge in [-0.15, -0.1) is 0 Å². The third-order valence-electron chi connectivity index (χ3n) is 3.27. The average molecular weight is 237 g/mol. The summed E-state index contributed by atoms with van der Waals surface area (Å²) in [4.78, 5) is 28.8. The Balaban J connectivity index is 2.28. The highest BCUT2D eigenvalue weighted by atomic mass is 16.4. The van der Waals surface area contributed by atoms with Gasteiger partial charge in [-0.1, -0.05) is 0 Å². The van der Waals surface area contributed by atoms with Gasteiger partial charge in [-0.05, 0) is 19.8 Å². The Morgan fingerprint density at radius 3 is 2.76 bits per heavy atom. The Hall–Kier alpha value is -1.85. The van der Waals surface area contributed by atoms with Gasteiger partial charge in [0.2, 0.25) is 0 Å². The van der Waals surface area contributed by atoms with E-state index in [2.05, 4.69) is 4.98 Å². The van der Waals surface area contributed by atoms with Gasteiger partial charge in [-0.25, -0.2) is 9.78 Å². The van der Waals surface area contributed by atoms with Crippen LogP contribution in [0, 0.1) is 0 Å². The van der Waals surface area contributed by atoms with Crippen LogP contribution in [-0.4, -0.2) is 43.5 Å².